The van der Waals surface area contributed by atoms with Crippen LogP contribution < -0.4 is 14.7 Å². The van der Waals surface area contributed by atoms with Gasteiger partial charge in [0.15, 0.2) is 0 Å². The molecule has 0 N–H and O–H groups in total. The molecule has 10 aliphatic rings. The zero-order valence-corrected chi connectivity index (χ0v) is 34.3. The molecule has 0 aromatic heterocycles. The van der Waals surface area contributed by atoms with Gasteiger partial charge in [0.25, 0.3) is 35.4 Å². The van der Waals surface area contributed by atoms with Crippen molar-refractivity contribution in [2.45, 2.75) is 96.3 Å². The van der Waals surface area contributed by atoms with Crippen molar-refractivity contribution in [2.24, 2.45) is 29.6 Å². The van der Waals surface area contributed by atoms with Crippen LogP contribution in [0, 0.1) is 71.1 Å². The van der Waals surface area contributed by atoms with Crippen molar-refractivity contribution in [3.63, 3.8) is 0 Å². The molecule has 6 amide bonds. The summed E-state index contributed by atoms with van der Waals surface area (Å²) >= 11 is 0. The maximum Gasteiger partial charge on any atom is 0.258 e. The normalized spacial score (nSPS) is 33.5. The molecule has 7 aliphatic carbocycles. The average Bonchev–Trinajstić information content (AvgIpc) is 3.82. The van der Waals surface area contributed by atoms with E-state index in [0.29, 0.717) is 46.7 Å². The Bertz CT molecular complexity index is 2530. The van der Waals surface area contributed by atoms with Crippen molar-refractivity contribution < 1.29 is 28.8 Å². The summed E-state index contributed by atoms with van der Waals surface area (Å²) in [6, 6.07) is 13.6. The molecule has 7 fully saturated rings. The molecule has 0 saturated heterocycles. The second kappa shape index (κ2) is 11.7. The molecule has 9 nitrogen and oxygen atoms in total. The minimum absolute atomic E-state index is 0.0269. The monoisotopic (exact) mass is 785 g/mol. The first-order valence-corrected chi connectivity index (χ1v) is 21.1. The fourth-order valence-corrected chi connectivity index (χ4v) is 14.9. The molecule has 3 aromatic rings. The number of imide groups is 3. The lowest BCUT2D eigenvalue weighted by molar-refractivity contribution is -0.238. The van der Waals surface area contributed by atoms with Gasteiger partial charge < -0.3 is 0 Å². The lowest BCUT2D eigenvalue weighted by Gasteiger charge is -2.79. The molecule has 298 valence electrons. The van der Waals surface area contributed by atoms with Crippen molar-refractivity contribution >= 4 is 52.5 Å². The van der Waals surface area contributed by atoms with Crippen LogP contribution in [0.4, 0.5) is 17.1 Å². The highest BCUT2D eigenvalue weighted by Gasteiger charge is 2.76. The van der Waals surface area contributed by atoms with Crippen LogP contribution in [0.2, 0.25) is 0 Å². The van der Waals surface area contributed by atoms with E-state index < -0.39 is 0 Å². The second-order valence-electron chi connectivity index (χ2n) is 19.4. The molecule has 8 bridgehead atoms. The van der Waals surface area contributed by atoms with E-state index in [1.54, 1.807) is 0 Å². The minimum atomic E-state index is -0.310. The molecule has 13 rings (SSSR count). The van der Waals surface area contributed by atoms with E-state index in [0.717, 1.165) is 71.9 Å². The first-order valence-electron chi connectivity index (χ1n) is 21.1. The number of hydrogen-bond donors (Lipinski definition) is 0. The van der Waals surface area contributed by atoms with Crippen LogP contribution in [0.3, 0.4) is 0 Å². The highest BCUT2D eigenvalue weighted by Crippen LogP contribution is 2.81. The summed E-state index contributed by atoms with van der Waals surface area (Å²) in [5.41, 5.74) is 11.4. The minimum Gasteiger partial charge on any atom is -0.269 e. The Labute approximate surface area is 343 Å². The molecule has 7 saturated carbocycles. The fourth-order valence-electron chi connectivity index (χ4n) is 14.9. The number of hydrogen-bond acceptors (Lipinski definition) is 6. The first-order chi connectivity index (χ1) is 28.1. The second-order valence-corrected chi connectivity index (χ2v) is 19.4. The van der Waals surface area contributed by atoms with Gasteiger partial charge in [0.05, 0.1) is 17.1 Å². The predicted octanol–water partition coefficient (Wildman–Crippen LogP) is 7.43. The molecule has 4 unspecified atom stereocenters. The van der Waals surface area contributed by atoms with Gasteiger partial charge in [-0.3, -0.25) is 28.8 Å². The van der Waals surface area contributed by atoms with Crippen molar-refractivity contribution in [1.29, 1.82) is 0 Å². The number of amides is 6. The molecule has 3 aliphatic heterocycles. The van der Waals surface area contributed by atoms with Crippen molar-refractivity contribution in [3.8, 4) is 0 Å². The van der Waals surface area contributed by atoms with E-state index in [9.17, 15) is 28.8 Å². The number of carbonyl (C=O) groups is 6. The Morgan fingerprint density at radius 2 is 0.678 bits per heavy atom. The van der Waals surface area contributed by atoms with E-state index in [1.807, 2.05) is 41.5 Å². The van der Waals surface area contributed by atoms with Gasteiger partial charge in [0.1, 0.15) is 0 Å². The molecule has 3 heterocycles. The van der Waals surface area contributed by atoms with Crippen LogP contribution in [0.5, 0.6) is 0 Å². The smallest absolute Gasteiger partial charge is 0.258 e. The highest BCUT2D eigenvalue weighted by atomic mass is 16.2. The fraction of sp³-hybridized carbons (Fsp3) is 0.400. The number of nitrogens with zero attached hydrogens (tertiary/aromatic N) is 3. The van der Waals surface area contributed by atoms with Crippen LogP contribution in [0.1, 0.15) is 88.6 Å². The van der Waals surface area contributed by atoms with E-state index in [-0.39, 0.29) is 51.7 Å². The highest BCUT2D eigenvalue weighted by molar-refractivity contribution is 6.30. The van der Waals surface area contributed by atoms with Gasteiger partial charge >= 0.3 is 0 Å². The number of aryl methyl sites for hydroxylation is 6. The summed E-state index contributed by atoms with van der Waals surface area (Å²) in [5.74, 6) is 0.540. The molecule has 0 radical (unpaired) electrons. The molecular formula is C50H47N3O6. The SMILES string of the molecule is Cc1cc(C23CC4C5CC6(c7cc(C)c(N8C(=O)C=CC8=O)c(C)c7)CC4C(C2)C(c2cc(C)c(N4C(=O)C=CC4=O)c(C)c2)(C6)C5C3)cc(C)c1N1C(=O)C=CC1=O. The zero-order valence-electron chi connectivity index (χ0n) is 34.3. The van der Waals surface area contributed by atoms with Crippen LogP contribution in [0.15, 0.2) is 72.9 Å². The third-order valence-corrected chi connectivity index (χ3v) is 16.5. The van der Waals surface area contributed by atoms with Crippen molar-refractivity contribution in [1.82, 2.24) is 0 Å². The van der Waals surface area contributed by atoms with Gasteiger partial charge in [-0.2, -0.15) is 0 Å². The Balaban J connectivity index is 1.05. The van der Waals surface area contributed by atoms with Crippen LogP contribution in [-0.2, 0) is 45.0 Å². The Morgan fingerprint density at radius 1 is 0.390 bits per heavy atom. The topological polar surface area (TPSA) is 112 Å². The molecule has 0 spiro atoms. The summed E-state index contributed by atoms with van der Waals surface area (Å²) in [5, 5.41) is 0. The molecule has 4 atom stereocenters. The number of anilines is 3. The summed E-state index contributed by atoms with van der Waals surface area (Å²) in [6.07, 6.45) is 14.5. The summed E-state index contributed by atoms with van der Waals surface area (Å²) in [7, 11) is 0. The maximum atomic E-state index is 13.0. The Morgan fingerprint density at radius 3 is 1.02 bits per heavy atom. The first kappa shape index (κ1) is 36.4. The molecule has 3 aromatic carbocycles. The van der Waals surface area contributed by atoms with Gasteiger partial charge in [-0.15, -0.1) is 0 Å². The predicted molar refractivity (Wildman–Crippen MR) is 223 cm³/mol. The Hall–Kier alpha value is -5.70. The maximum absolute atomic E-state index is 13.0. The van der Waals surface area contributed by atoms with E-state index in [2.05, 4.69) is 36.4 Å². The largest absolute Gasteiger partial charge is 0.269 e. The van der Waals surface area contributed by atoms with Gasteiger partial charge in [0.2, 0.25) is 0 Å². The zero-order chi connectivity index (χ0) is 41.2. The van der Waals surface area contributed by atoms with Gasteiger partial charge in [-0.25, -0.2) is 14.7 Å². The summed E-state index contributed by atoms with van der Waals surface area (Å²) in [4.78, 5) is 81.2. The van der Waals surface area contributed by atoms with E-state index in [1.165, 1.54) is 67.8 Å². The van der Waals surface area contributed by atoms with Crippen molar-refractivity contribution in [2.75, 3.05) is 14.7 Å². The average molecular weight is 786 g/mol. The molecule has 9 heteroatoms. The summed E-state index contributed by atoms with van der Waals surface area (Å²) < 4.78 is 0. The van der Waals surface area contributed by atoms with Crippen LogP contribution >= 0.6 is 0 Å². The standard InChI is InChI=1S/C50H47N3O6/c1-25-13-31(14-26(2)45(25)51-39(54)7-8-40(51)55)48-19-34-35-20-49(32-15-27(3)46(28(4)16-32)52-41(56)9-10-42(52)57)21-36(34)38(23-48)50(24-49,37(35)22-48)33-17-29(5)47(30(6)18-33)53-43(58)11-12-44(53)59/h7-18,34-38H,19-24H2,1-6H3. The third kappa shape index (κ3) is 4.56. The quantitative estimate of drug-likeness (QED) is 0.241. The van der Waals surface area contributed by atoms with Crippen LogP contribution in [0.25, 0.3) is 0 Å². The number of benzene rings is 3. The lowest BCUT2D eigenvalue weighted by atomic mass is 9.24. The van der Waals surface area contributed by atoms with Gasteiger partial charge in [0, 0.05) is 41.9 Å². The van der Waals surface area contributed by atoms with Crippen LogP contribution in [-0.4, -0.2) is 35.4 Å². The molecule has 59 heavy (non-hydrogen) atoms. The third-order valence-electron chi connectivity index (χ3n) is 16.5. The van der Waals surface area contributed by atoms with E-state index in [4.69, 9.17) is 0 Å². The Kier molecular flexibility index (Phi) is 7.24. The van der Waals surface area contributed by atoms with Gasteiger partial charge in [-0.05, 0) is 171 Å². The number of carbonyl (C=O) groups excluding carboxylic acids is 6. The lowest BCUT2D eigenvalue weighted by Crippen LogP contribution is -2.75. The molecular weight excluding hydrogens is 739 g/mol. The van der Waals surface area contributed by atoms with E-state index >= 15 is 0 Å². The number of rotatable bonds is 6. The van der Waals surface area contributed by atoms with Gasteiger partial charge in [-0.1, -0.05) is 36.4 Å². The van der Waals surface area contributed by atoms with Crippen molar-refractivity contribution in [3.05, 3.63) is 123 Å². The summed E-state index contributed by atoms with van der Waals surface area (Å²) in [6.45, 7) is 12.2.